The van der Waals surface area contributed by atoms with Crippen LogP contribution in [0.25, 0.3) is 0 Å². The van der Waals surface area contributed by atoms with Gasteiger partial charge in [-0.1, -0.05) is 0 Å². The lowest BCUT2D eigenvalue weighted by atomic mass is 9.86. The number of aliphatic carboxylic acids is 1. The number of nitrogens with one attached hydrogen (secondary N) is 2. The number of carbonyl (C=O) groups excluding carboxylic acids is 1. The molecular weight excluding hydrogens is 328 g/mol. The van der Waals surface area contributed by atoms with E-state index in [1.54, 1.807) is 0 Å². The number of carboxylic acid groups (broad SMARTS) is 1. The van der Waals surface area contributed by atoms with Crippen LogP contribution in [-0.2, 0) is 23.8 Å². The number of hydrogen-bond donors (Lipinski definition) is 3. The molecule has 146 valence electrons. The quantitative estimate of drug-likeness (QED) is 0.385. The lowest BCUT2D eigenvalue weighted by Gasteiger charge is -2.26. The van der Waals surface area contributed by atoms with Gasteiger partial charge in [0.05, 0.1) is 45.6 Å². The summed E-state index contributed by atoms with van der Waals surface area (Å²) in [5, 5.41) is 14.9. The summed E-state index contributed by atoms with van der Waals surface area (Å²) in [6.07, 6.45) is 3.03. The van der Waals surface area contributed by atoms with E-state index in [0.717, 1.165) is 19.4 Å². The zero-order valence-electron chi connectivity index (χ0n) is 15.1. The minimum atomic E-state index is -0.732. The van der Waals surface area contributed by atoms with E-state index >= 15 is 0 Å². The third-order valence-electron chi connectivity index (χ3n) is 4.16. The van der Waals surface area contributed by atoms with Gasteiger partial charge in [-0.15, -0.1) is 0 Å². The second-order valence-corrected chi connectivity index (χ2v) is 6.14. The first-order chi connectivity index (χ1) is 12.1. The zero-order valence-corrected chi connectivity index (χ0v) is 15.1. The van der Waals surface area contributed by atoms with Crippen LogP contribution in [0.2, 0.25) is 0 Å². The molecule has 1 saturated carbocycles. The molecule has 0 aromatic heterocycles. The van der Waals surface area contributed by atoms with Crippen molar-refractivity contribution >= 4 is 11.9 Å². The molecule has 25 heavy (non-hydrogen) atoms. The van der Waals surface area contributed by atoms with Gasteiger partial charge in [0.1, 0.15) is 0 Å². The van der Waals surface area contributed by atoms with Crippen LogP contribution < -0.4 is 10.6 Å². The van der Waals surface area contributed by atoms with Crippen LogP contribution in [-0.4, -0.2) is 76.3 Å². The van der Waals surface area contributed by atoms with Crippen molar-refractivity contribution in [1.29, 1.82) is 0 Å². The van der Waals surface area contributed by atoms with Gasteiger partial charge in [-0.25, -0.2) is 0 Å². The Hall–Kier alpha value is -1.22. The predicted octanol–water partition coefficient (Wildman–Crippen LogP) is 0.405. The molecular formula is C17H32N2O6. The van der Waals surface area contributed by atoms with Gasteiger partial charge in [0, 0.05) is 19.0 Å². The van der Waals surface area contributed by atoms with Gasteiger partial charge in [0.25, 0.3) is 0 Å². The first-order valence-corrected chi connectivity index (χ1v) is 9.03. The van der Waals surface area contributed by atoms with Gasteiger partial charge in [-0.05, 0) is 32.7 Å². The smallest absolute Gasteiger partial charge is 0.306 e. The third kappa shape index (κ3) is 11.1. The minimum Gasteiger partial charge on any atom is -0.481 e. The topological polar surface area (TPSA) is 106 Å². The number of carboxylic acids is 1. The fourth-order valence-electron chi connectivity index (χ4n) is 2.67. The fraction of sp³-hybridized carbons (Fsp3) is 0.882. The van der Waals surface area contributed by atoms with Crippen molar-refractivity contribution in [3.05, 3.63) is 0 Å². The molecule has 0 atom stereocenters. The van der Waals surface area contributed by atoms with E-state index in [9.17, 15) is 9.59 Å². The molecule has 0 saturated heterocycles. The Kier molecular flexibility index (Phi) is 12.2. The fourth-order valence-corrected chi connectivity index (χ4v) is 2.67. The maximum Gasteiger partial charge on any atom is 0.306 e. The highest BCUT2D eigenvalue weighted by Gasteiger charge is 2.26. The first kappa shape index (κ1) is 21.8. The van der Waals surface area contributed by atoms with Crippen molar-refractivity contribution in [1.82, 2.24) is 10.6 Å². The van der Waals surface area contributed by atoms with Gasteiger partial charge >= 0.3 is 5.97 Å². The van der Waals surface area contributed by atoms with Crippen LogP contribution in [0.3, 0.4) is 0 Å². The van der Waals surface area contributed by atoms with Gasteiger partial charge in [0.15, 0.2) is 0 Å². The normalized spacial score (nSPS) is 20.4. The van der Waals surface area contributed by atoms with Gasteiger partial charge in [0.2, 0.25) is 5.91 Å². The highest BCUT2D eigenvalue weighted by atomic mass is 16.5. The Morgan fingerprint density at radius 2 is 1.48 bits per heavy atom. The third-order valence-corrected chi connectivity index (χ3v) is 4.16. The molecule has 1 aliphatic rings. The van der Waals surface area contributed by atoms with Crippen molar-refractivity contribution in [3.63, 3.8) is 0 Å². The molecule has 0 aromatic rings. The Labute approximate surface area is 149 Å². The maximum absolute atomic E-state index is 11.8. The molecule has 0 spiro atoms. The molecule has 1 amide bonds. The van der Waals surface area contributed by atoms with E-state index in [0.29, 0.717) is 58.9 Å². The highest BCUT2D eigenvalue weighted by Crippen LogP contribution is 2.24. The second-order valence-electron chi connectivity index (χ2n) is 6.14. The van der Waals surface area contributed by atoms with Crippen LogP contribution in [0.1, 0.15) is 32.1 Å². The molecule has 0 bridgehead atoms. The molecule has 1 fully saturated rings. The minimum absolute atomic E-state index is 0.0439. The van der Waals surface area contributed by atoms with Crippen molar-refractivity contribution in [2.24, 2.45) is 5.92 Å². The Morgan fingerprint density at radius 3 is 2.04 bits per heavy atom. The Bertz CT molecular complexity index is 372. The van der Waals surface area contributed by atoms with E-state index in [4.69, 9.17) is 19.3 Å². The molecule has 0 aliphatic heterocycles. The molecule has 3 N–H and O–H groups in total. The average Bonchev–Trinajstić information content (AvgIpc) is 2.60. The molecule has 1 aliphatic carbocycles. The monoisotopic (exact) mass is 360 g/mol. The molecule has 0 heterocycles. The highest BCUT2D eigenvalue weighted by molar-refractivity contribution is 5.76. The molecule has 0 aromatic carbocycles. The summed E-state index contributed by atoms with van der Waals surface area (Å²) in [6.45, 7) is 3.89. The van der Waals surface area contributed by atoms with Gasteiger partial charge in [-0.3, -0.25) is 9.59 Å². The number of carbonyl (C=O) groups is 2. The number of rotatable bonds is 14. The van der Waals surface area contributed by atoms with Gasteiger partial charge < -0.3 is 30.0 Å². The van der Waals surface area contributed by atoms with Crippen LogP contribution in [0.5, 0.6) is 0 Å². The number of likely N-dealkylation sites (N-methyl/N-ethyl adjacent to an activating group) is 1. The lowest BCUT2D eigenvalue weighted by Crippen LogP contribution is -2.39. The van der Waals surface area contributed by atoms with Gasteiger partial charge in [-0.2, -0.15) is 0 Å². The molecule has 8 heteroatoms. The molecule has 0 unspecified atom stereocenters. The number of ether oxygens (including phenoxy) is 3. The molecule has 1 rings (SSSR count). The SMILES string of the molecule is CNCCOCCOCCOCCC(=O)NC1CCC(C(=O)O)CC1. The average molecular weight is 360 g/mol. The van der Waals surface area contributed by atoms with Crippen LogP contribution in [0.4, 0.5) is 0 Å². The van der Waals surface area contributed by atoms with E-state index < -0.39 is 5.97 Å². The summed E-state index contributed by atoms with van der Waals surface area (Å²) in [5.41, 5.74) is 0. The Balaban J connectivity index is 1.88. The van der Waals surface area contributed by atoms with Crippen LogP contribution in [0, 0.1) is 5.92 Å². The molecule has 8 nitrogen and oxygen atoms in total. The zero-order chi connectivity index (χ0) is 18.3. The van der Waals surface area contributed by atoms with Crippen molar-refractivity contribution in [3.8, 4) is 0 Å². The van der Waals surface area contributed by atoms with Crippen LogP contribution in [0.15, 0.2) is 0 Å². The van der Waals surface area contributed by atoms with E-state index in [1.165, 1.54) is 0 Å². The van der Waals surface area contributed by atoms with Crippen molar-refractivity contribution in [2.75, 3.05) is 53.2 Å². The second kappa shape index (κ2) is 14.0. The van der Waals surface area contributed by atoms with E-state index in [2.05, 4.69) is 10.6 Å². The summed E-state index contributed by atoms with van der Waals surface area (Å²) >= 11 is 0. The van der Waals surface area contributed by atoms with E-state index in [-0.39, 0.29) is 17.9 Å². The summed E-state index contributed by atoms with van der Waals surface area (Å²) in [6, 6.07) is 0.0920. The number of hydrogen-bond acceptors (Lipinski definition) is 6. The molecule has 0 radical (unpaired) electrons. The Morgan fingerprint density at radius 1 is 0.920 bits per heavy atom. The van der Waals surface area contributed by atoms with Crippen LogP contribution >= 0.6 is 0 Å². The summed E-state index contributed by atoms with van der Waals surface area (Å²) in [5.74, 6) is -1.03. The van der Waals surface area contributed by atoms with Crippen molar-refractivity contribution in [2.45, 2.75) is 38.1 Å². The number of amides is 1. The van der Waals surface area contributed by atoms with E-state index in [1.807, 2.05) is 7.05 Å². The largest absolute Gasteiger partial charge is 0.481 e. The maximum atomic E-state index is 11.8. The standard InChI is InChI=1S/C17H32N2O6/c1-18-7-9-24-11-13-25-12-10-23-8-6-16(20)19-15-4-2-14(3-5-15)17(21)22/h14-15,18H,2-13H2,1H3,(H,19,20)(H,21,22). The first-order valence-electron chi connectivity index (χ1n) is 9.03. The summed E-state index contributed by atoms with van der Waals surface area (Å²) in [7, 11) is 1.88. The van der Waals surface area contributed by atoms with Crippen molar-refractivity contribution < 1.29 is 28.9 Å². The summed E-state index contributed by atoms with van der Waals surface area (Å²) < 4.78 is 16.0. The lowest BCUT2D eigenvalue weighted by molar-refractivity contribution is -0.142. The predicted molar refractivity (Wildman–Crippen MR) is 92.5 cm³/mol. The summed E-state index contributed by atoms with van der Waals surface area (Å²) in [4.78, 5) is 22.7.